The predicted octanol–water partition coefficient (Wildman–Crippen LogP) is 4.52. The average molecular weight is 400 g/mol. The molecule has 0 unspecified atom stereocenters. The van der Waals surface area contributed by atoms with Crippen molar-refractivity contribution in [3.8, 4) is 0 Å². The van der Waals surface area contributed by atoms with Crippen molar-refractivity contribution in [1.82, 2.24) is 0 Å². The molecule has 1 aromatic carbocycles. The first kappa shape index (κ1) is 19.1. The van der Waals surface area contributed by atoms with Crippen LogP contribution in [0.4, 0.5) is 16.4 Å². The number of hydrogen-bond donors (Lipinski definition) is 2. The highest BCUT2D eigenvalue weighted by molar-refractivity contribution is 7.80. The molecule has 0 bridgehead atoms. The number of carbonyl (C=O) groups is 1. The van der Waals surface area contributed by atoms with Gasteiger partial charge in [-0.1, -0.05) is 11.6 Å². The van der Waals surface area contributed by atoms with Gasteiger partial charge in [-0.3, -0.25) is 10.1 Å². The number of esters is 1. The Morgan fingerprint density at radius 1 is 1.36 bits per heavy atom. The maximum absolute atomic E-state index is 12.0. The minimum atomic E-state index is -0.536. The van der Waals surface area contributed by atoms with Gasteiger partial charge in [0.2, 0.25) is 0 Å². The van der Waals surface area contributed by atoms with E-state index in [4.69, 9.17) is 28.6 Å². The van der Waals surface area contributed by atoms with E-state index in [0.29, 0.717) is 16.3 Å². The van der Waals surface area contributed by atoms with E-state index in [2.05, 4.69) is 10.6 Å². The number of nitro benzene ring substituents is 1. The maximum atomic E-state index is 12.0. The largest absolute Gasteiger partial charge is 0.465 e. The molecule has 132 valence electrons. The Labute approximate surface area is 158 Å². The van der Waals surface area contributed by atoms with Crippen LogP contribution < -0.4 is 10.6 Å². The number of ether oxygens (including phenoxy) is 1. The van der Waals surface area contributed by atoms with Crippen molar-refractivity contribution in [2.45, 2.75) is 13.8 Å². The number of benzene rings is 1. The van der Waals surface area contributed by atoms with Gasteiger partial charge in [0.15, 0.2) is 5.11 Å². The molecule has 2 N–H and O–H groups in total. The molecule has 25 heavy (non-hydrogen) atoms. The molecule has 0 aliphatic rings. The Morgan fingerprint density at radius 3 is 2.60 bits per heavy atom. The third-order valence-corrected chi connectivity index (χ3v) is 5.05. The van der Waals surface area contributed by atoms with Crippen molar-refractivity contribution in [3.05, 3.63) is 49.3 Å². The van der Waals surface area contributed by atoms with Crippen LogP contribution in [0.15, 0.2) is 18.2 Å². The van der Waals surface area contributed by atoms with E-state index in [1.165, 1.54) is 36.6 Å². The number of thiocarbonyl (C=S) groups is 1. The third-order valence-electron chi connectivity index (χ3n) is 3.41. The Hall–Kier alpha value is -2.23. The monoisotopic (exact) mass is 399 g/mol. The predicted molar refractivity (Wildman–Crippen MR) is 103 cm³/mol. The highest BCUT2D eigenvalue weighted by Crippen LogP contribution is 2.33. The summed E-state index contributed by atoms with van der Waals surface area (Å²) in [5.74, 6) is -0.458. The van der Waals surface area contributed by atoms with Crippen molar-refractivity contribution in [2.75, 3.05) is 17.7 Å². The van der Waals surface area contributed by atoms with Crippen molar-refractivity contribution < 1.29 is 14.5 Å². The molecule has 7 nitrogen and oxygen atoms in total. The minimum Gasteiger partial charge on any atom is -0.465 e. The molecule has 0 amide bonds. The molecule has 0 spiro atoms. The first-order chi connectivity index (χ1) is 11.7. The standard InChI is InChI=1S/C15H14ClN3O4S2/c1-7-8(2)25-13(12(7)14(20)23-3)18-15(24)17-11-5-4-9(19(21)22)6-10(11)16/h4-6H,1-3H3,(H2,17,18,24). The lowest BCUT2D eigenvalue weighted by Crippen LogP contribution is -2.20. The Bertz CT molecular complexity index is 867. The second-order valence-electron chi connectivity index (χ2n) is 4.98. The van der Waals surface area contributed by atoms with E-state index in [-0.39, 0.29) is 15.8 Å². The number of nitro groups is 1. The second-order valence-corrected chi connectivity index (χ2v) is 7.02. The number of nitrogens with one attached hydrogen (secondary N) is 2. The molecule has 0 aliphatic heterocycles. The van der Waals surface area contributed by atoms with Crippen LogP contribution in [0.5, 0.6) is 0 Å². The number of halogens is 1. The quantitative estimate of drug-likeness (QED) is 0.338. The van der Waals surface area contributed by atoms with Crippen molar-refractivity contribution in [1.29, 1.82) is 0 Å². The van der Waals surface area contributed by atoms with Gasteiger partial charge in [0.25, 0.3) is 5.69 Å². The fraction of sp³-hybridized carbons (Fsp3) is 0.200. The Balaban J connectivity index is 2.20. The molecule has 1 heterocycles. The van der Waals surface area contributed by atoms with E-state index in [1.807, 2.05) is 13.8 Å². The zero-order valence-corrected chi connectivity index (χ0v) is 15.9. The number of hydrogen-bond acceptors (Lipinski definition) is 6. The minimum absolute atomic E-state index is 0.119. The zero-order chi connectivity index (χ0) is 18.7. The molecule has 0 aliphatic carbocycles. The summed E-state index contributed by atoms with van der Waals surface area (Å²) >= 11 is 12.6. The summed E-state index contributed by atoms with van der Waals surface area (Å²) in [6.07, 6.45) is 0. The van der Waals surface area contributed by atoms with E-state index < -0.39 is 10.9 Å². The smallest absolute Gasteiger partial charge is 0.341 e. The topological polar surface area (TPSA) is 93.5 Å². The van der Waals surface area contributed by atoms with E-state index in [9.17, 15) is 14.9 Å². The number of anilines is 2. The van der Waals surface area contributed by atoms with Gasteiger partial charge in [-0.25, -0.2) is 4.79 Å². The fourth-order valence-corrected chi connectivity index (χ4v) is 3.59. The van der Waals surface area contributed by atoms with E-state index in [0.717, 1.165) is 10.4 Å². The Morgan fingerprint density at radius 2 is 2.04 bits per heavy atom. The van der Waals surface area contributed by atoms with E-state index in [1.54, 1.807) is 0 Å². The van der Waals surface area contributed by atoms with Gasteiger partial charge in [0.05, 0.1) is 28.3 Å². The van der Waals surface area contributed by atoms with Gasteiger partial charge in [-0.15, -0.1) is 11.3 Å². The number of methoxy groups -OCH3 is 1. The molecular weight excluding hydrogens is 386 g/mol. The van der Waals surface area contributed by atoms with Crippen LogP contribution in [0.2, 0.25) is 5.02 Å². The zero-order valence-electron chi connectivity index (χ0n) is 13.5. The molecule has 10 heteroatoms. The van der Waals surface area contributed by atoms with Gasteiger partial charge in [0, 0.05) is 17.0 Å². The summed E-state index contributed by atoms with van der Waals surface area (Å²) in [7, 11) is 1.31. The SMILES string of the molecule is COC(=O)c1c(NC(=S)Nc2ccc([N+](=O)[O-])cc2Cl)sc(C)c1C. The van der Waals surface area contributed by atoms with Crippen LogP contribution in [0.1, 0.15) is 20.8 Å². The number of aryl methyl sites for hydroxylation is 1. The summed E-state index contributed by atoms with van der Waals surface area (Å²) in [6.45, 7) is 3.72. The van der Waals surface area contributed by atoms with Gasteiger partial charge in [-0.05, 0) is 37.7 Å². The number of nitrogens with zero attached hydrogens (tertiary/aromatic N) is 1. The molecule has 0 fully saturated rings. The number of thiophene rings is 1. The molecule has 0 atom stereocenters. The lowest BCUT2D eigenvalue weighted by molar-refractivity contribution is -0.384. The first-order valence-corrected chi connectivity index (χ1v) is 8.55. The summed E-state index contributed by atoms with van der Waals surface area (Å²) in [5, 5.41) is 17.4. The number of non-ortho nitro benzene ring substituents is 1. The highest BCUT2D eigenvalue weighted by Gasteiger charge is 2.21. The highest BCUT2D eigenvalue weighted by atomic mass is 35.5. The summed E-state index contributed by atoms with van der Waals surface area (Å²) in [4.78, 5) is 23.1. The Kier molecular flexibility index (Phi) is 5.93. The van der Waals surface area contributed by atoms with Gasteiger partial charge < -0.3 is 15.4 Å². The molecule has 0 radical (unpaired) electrons. The summed E-state index contributed by atoms with van der Waals surface area (Å²) in [5.41, 5.74) is 1.53. The van der Waals surface area contributed by atoms with Crippen LogP contribution in [0.3, 0.4) is 0 Å². The molecule has 1 aromatic heterocycles. The van der Waals surface area contributed by atoms with Gasteiger partial charge >= 0.3 is 5.97 Å². The van der Waals surface area contributed by atoms with Crippen LogP contribution in [-0.2, 0) is 4.74 Å². The second kappa shape index (κ2) is 7.77. The average Bonchev–Trinajstić information content (AvgIpc) is 2.82. The third kappa shape index (κ3) is 4.25. The molecule has 2 aromatic rings. The molecule has 2 rings (SSSR count). The van der Waals surface area contributed by atoms with Crippen LogP contribution in [0, 0.1) is 24.0 Å². The summed E-state index contributed by atoms with van der Waals surface area (Å²) in [6, 6.07) is 4.00. The first-order valence-electron chi connectivity index (χ1n) is 6.94. The lowest BCUT2D eigenvalue weighted by atomic mass is 10.1. The lowest BCUT2D eigenvalue weighted by Gasteiger charge is -2.11. The van der Waals surface area contributed by atoms with E-state index >= 15 is 0 Å². The normalized spacial score (nSPS) is 10.2. The van der Waals surface area contributed by atoms with Crippen LogP contribution in [0.25, 0.3) is 0 Å². The van der Waals surface area contributed by atoms with Gasteiger partial charge in [-0.2, -0.15) is 0 Å². The molecule has 0 saturated carbocycles. The number of carbonyl (C=O) groups excluding carboxylic acids is 1. The molecular formula is C15H14ClN3O4S2. The van der Waals surface area contributed by atoms with Crippen molar-refractivity contribution in [2.24, 2.45) is 0 Å². The molecule has 0 saturated heterocycles. The van der Waals surface area contributed by atoms with Crippen LogP contribution in [-0.4, -0.2) is 23.1 Å². The fourth-order valence-electron chi connectivity index (χ4n) is 2.04. The van der Waals surface area contributed by atoms with Crippen molar-refractivity contribution in [3.63, 3.8) is 0 Å². The number of rotatable bonds is 4. The van der Waals surface area contributed by atoms with Gasteiger partial charge in [0.1, 0.15) is 5.00 Å². The summed E-state index contributed by atoms with van der Waals surface area (Å²) < 4.78 is 4.80. The van der Waals surface area contributed by atoms with Crippen LogP contribution >= 0.6 is 35.2 Å². The maximum Gasteiger partial charge on any atom is 0.341 e. The van der Waals surface area contributed by atoms with Crippen molar-refractivity contribution >= 4 is 62.6 Å².